The normalized spacial score (nSPS) is 20.8. The molecule has 1 aromatic carbocycles. The third-order valence-electron chi connectivity index (χ3n) is 4.76. The molecule has 2 aliphatic carbocycles. The van der Waals surface area contributed by atoms with Crippen LogP contribution in [0.2, 0.25) is 5.02 Å². The van der Waals surface area contributed by atoms with Gasteiger partial charge in [0.15, 0.2) is 0 Å². The summed E-state index contributed by atoms with van der Waals surface area (Å²) >= 11 is 6.52. The largest absolute Gasteiger partial charge is 0.383 e. The van der Waals surface area contributed by atoms with Gasteiger partial charge in [0.2, 0.25) is 0 Å². The fourth-order valence-electron chi connectivity index (χ4n) is 3.08. The molecule has 0 spiro atoms. The van der Waals surface area contributed by atoms with Crippen LogP contribution in [0.15, 0.2) is 36.9 Å². The zero-order valence-electron chi connectivity index (χ0n) is 12.9. The molecule has 1 heterocycles. The summed E-state index contributed by atoms with van der Waals surface area (Å²) in [5, 5.41) is 16.1. The lowest BCUT2D eigenvalue weighted by Gasteiger charge is -2.29. The Morgan fingerprint density at radius 2 is 2.13 bits per heavy atom. The van der Waals surface area contributed by atoms with Gasteiger partial charge in [0.1, 0.15) is 18.3 Å². The van der Waals surface area contributed by atoms with E-state index < -0.39 is 5.60 Å². The van der Waals surface area contributed by atoms with Crippen molar-refractivity contribution < 1.29 is 5.11 Å². The maximum absolute atomic E-state index is 11.3. The van der Waals surface area contributed by atoms with Gasteiger partial charge >= 0.3 is 0 Å². The Balaban J connectivity index is 1.63. The highest BCUT2D eigenvalue weighted by Gasteiger charge is 2.46. The monoisotopic (exact) mass is 329 g/mol. The Labute approximate surface area is 140 Å². The van der Waals surface area contributed by atoms with Gasteiger partial charge in [-0.2, -0.15) is 5.10 Å². The fraction of sp³-hybridized carbons (Fsp3) is 0.444. The first kappa shape index (κ1) is 14.9. The molecule has 0 amide bonds. The molecule has 1 aromatic heterocycles. The van der Waals surface area contributed by atoms with E-state index >= 15 is 0 Å². The van der Waals surface area contributed by atoms with Crippen molar-refractivity contribution in [3.8, 4) is 0 Å². The molecule has 0 radical (unpaired) electrons. The Kier molecular flexibility index (Phi) is 3.74. The van der Waals surface area contributed by atoms with Crippen molar-refractivity contribution in [2.75, 3.05) is 0 Å². The molecule has 1 N–H and O–H groups in total. The molecule has 1 atom stereocenters. The lowest BCUT2D eigenvalue weighted by Crippen LogP contribution is -2.34. The number of hydrogen-bond donors (Lipinski definition) is 1. The molecule has 0 bridgehead atoms. The van der Waals surface area contributed by atoms with Gasteiger partial charge in [-0.05, 0) is 49.1 Å². The number of aromatic nitrogens is 3. The van der Waals surface area contributed by atoms with Crippen LogP contribution in [-0.4, -0.2) is 19.9 Å². The van der Waals surface area contributed by atoms with Crippen LogP contribution in [0.3, 0.4) is 0 Å². The maximum atomic E-state index is 11.3. The van der Waals surface area contributed by atoms with Crippen molar-refractivity contribution in [3.63, 3.8) is 0 Å². The van der Waals surface area contributed by atoms with Crippen LogP contribution in [0.1, 0.15) is 36.8 Å². The van der Waals surface area contributed by atoms with Crippen LogP contribution >= 0.6 is 11.6 Å². The molecule has 2 aromatic rings. The molecular weight excluding hydrogens is 310 g/mol. The highest BCUT2D eigenvalue weighted by Crippen LogP contribution is 2.48. The second kappa shape index (κ2) is 5.77. The minimum Gasteiger partial charge on any atom is -0.383 e. The third kappa shape index (κ3) is 3.19. The van der Waals surface area contributed by atoms with E-state index in [1.165, 1.54) is 19.2 Å². The first-order valence-corrected chi connectivity index (χ1v) is 8.56. The first-order chi connectivity index (χ1) is 11.1. The van der Waals surface area contributed by atoms with Crippen molar-refractivity contribution in [3.05, 3.63) is 53.1 Å². The van der Waals surface area contributed by atoms with Crippen molar-refractivity contribution in [2.24, 2.45) is 11.8 Å². The number of allylic oxidation sites excluding steroid dienone is 1. The Hall–Kier alpha value is -1.65. The van der Waals surface area contributed by atoms with Crippen LogP contribution in [0.5, 0.6) is 0 Å². The highest BCUT2D eigenvalue weighted by molar-refractivity contribution is 6.31. The summed E-state index contributed by atoms with van der Waals surface area (Å²) in [6, 6.07) is 5.95. The second-order valence-electron chi connectivity index (χ2n) is 6.73. The highest BCUT2D eigenvalue weighted by atomic mass is 35.5. The lowest BCUT2D eigenvalue weighted by molar-refractivity contribution is -0.00766. The van der Waals surface area contributed by atoms with E-state index in [0.717, 1.165) is 29.9 Å². The number of hydrogen-bond acceptors (Lipinski definition) is 3. The smallest absolute Gasteiger partial charge is 0.137 e. The molecule has 5 heteroatoms. The van der Waals surface area contributed by atoms with E-state index in [-0.39, 0.29) is 5.92 Å². The van der Waals surface area contributed by atoms with E-state index in [2.05, 4.69) is 22.2 Å². The number of rotatable bonds is 6. The molecule has 0 aliphatic heterocycles. The topological polar surface area (TPSA) is 50.9 Å². The van der Waals surface area contributed by atoms with Gasteiger partial charge in [-0.25, -0.2) is 9.67 Å². The minimum absolute atomic E-state index is 0.233. The zero-order valence-corrected chi connectivity index (χ0v) is 13.7. The first-order valence-electron chi connectivity index (χ1n) is 8.18. The average Bonchev–Trinajstić information content (AvgIpc) is 3.45. The molecule has 1 unspecified atom stereocenters. The van der Waals surface area contributed by atoms with Gasteiger partial charge in [-0.1, -0.05) is 35.9 Å². The van der Waals surface area contributed by atoms with E-state index in [1.807, 2.05) is 18.2 Å². The number of aliphatic hydroxyl groups is 1. The van der Waals surface area contributed by atoms with Gasteiger partial charge in [0.25, 0.3) is 0 Å². The van der Waals surface area contributed by atoms with Crippen LogP contribution in [0.25, 0.3) is 6.08 Å². The predicted molar refractivity (Wildman–Crippen MR) is 89.9 cm³/mol. The summed E-state index contributed by atoms with van der Waals surface area (Å²) in [6.45, 7) is 0.384. The van der Waals surface area contributed by atoms with Crippen molar-refractivity contribution in [2.45, 2.75) is 37.8 Å². The zero-order chi connectivity index (χ0) is 15.9. The molecule has 23 heavy (non-hydrogen) atoms. The number of halogens is 1. The summed E-state index contributed by atoms with van der Waals surface area (Å²) in [7, 11) is 0. The SMILES string of the molecule is OC(Cn1cncn1)(c1ccc(/C=C/C2CC2)cc1Cl)C1CC1. The quantitative estimate of drug-likeness (QED) is 0.880. The standard InChI is InChI=1S/C18H20ClN3O/c19-17-9-14(4-3-13-1-2-13)5-8-16(17)18(23,15-6-7-15)10-22-12-20-11-21-22/h3-5,8-9,11-13,15,23H,1-2,6-7,10H2/b4-3+. The second-order valence-corrected chi connectivity index (χ2v) is 7.13. The molecule has 2 fully saturated rings. The van der Waals surface area contributed by atoms with Gasteiger partial charge in [-0.15, -0.1) is 0 Å². The summed E-state index contributed by atoms with van der Waals surface area (Å²) in [5.74, 6) is 0.973. The maximum Gasteiger partial charge on any atom is 0.137 e. The van der Waals surface area contributed by atoms with Gasteiger partial charge in [0.05, 0.1) is 6.54 Å². The van der Waals surface area contributed by atoms with Crippen LogP contribution in [-0.2, 0) is 12.1 Å². The molecule has 4 nitrogen and oxygen atoms in total. The Morgan fingerprint density at radius 3 is 2.74 bits per heavy atom. The Bertz CT molecular complexity index is 720. The Morgan fingerprint density at radius 1 is 1.30 bits per heavy atom. The predicted octanol–water partition coefficient (Wildman–Crippen LogP) is 3.65. The van der Waals surface area contributed by atoms with E-state index in [9.17, 15) is 5.11 Å². The summed E-state index contributed by atoms with van der Waals surface area (Å²) < 4.78 is 1.68. The summed E-state index contributed by atoms with van der Waals surface area (Å²) in [6.07, 6.45) is 12.1. The van der Waals surface area contributed by atoms with Crippen molar-refractivity contribution in [1.29, 1.82) is 0 Å². The van der Waals surface area contributed by atoms with Crippen molar-refractivity contribution >= 4 is 17.7 Å². The summed E-state index contributed by atoms with van der Waals surface area (Å²) in [5.41, 5.74) is 0.897. The molecule has 0 saturated heterocycles. The van der Waals surface area contributed by atoms with Crippen LogP contribution < -0.4 is 0 Å². The lowest BCUT2D eigenvalue weighted by atomic mass is 9.88. The average molecular weight is 330 g/mol. The molecule has 4 rings (SSSR count). The van der Waals surface area contributed by atoms with Gasteiger partial charge < -0.3 is 5.11 Å². The fourth-order valence-corrected chi connectivity index (χ4v) is 3.43. The molecule has 2 saturated carbocycles. The van der Waals surface area contributed by atoms with Crippen LogP contribution in [0, 0.1) is 11.8 Å². The molecule has 120 valence electrons. The third-order valence-corrected chi connectivity index (χ3v) is 5.08. The molecule has 2 aliphatic rings. The van der Waals surface area contributed by atoms with E-state index in [1.54, 1.807) is 11.0 Å². The summed E-state index contributed by atoms with van der Waals surface area (Å²) in [4.78, 5) is 3.96. The van der Waals surface area contributed by atoms with E-state index in [4.69, 9.17) is 11.6 Å². The number of benzene rings is 1. The van der Waals surface area contributed by atoms with Crippen molar-refractivity contribution in [1.82, 2.24) is 14.8 Å². The molecular formula is C18H20ClN3O. The van der Waals surface area contributed by atoms with Gasteiger partial charge in [0, 0.05) is 10.6 Å². The van der Waals surface area contributed by atoms with Crippen LogP contribution in [0.4, 0.5) is 0 Å². The van der Waals surface area contributed by atoms with Gasteiger partial charge in [-0.3, -0.25) is 0 Å². The number of nitrogens with zero attached hydrogens (tertiary/aromatic N) is 3. The minimum atomic E-state index is -0.983. The van der Waals surface area contributed by atoms with E-state index in [0.29, 0.717) is 11.6 Å².